The van der Waals surface area contributed by atoms with E-state index in [2.05, 4.69) is 52.0 Å². The highest BCUT2D eigenvalue weighted by Gasteiger charge is 2.33. The molecule has 2 aromatic heterocycles. The highest BCUT2D eigenvalue weighted by molar-refractivity contribution is 6.09. The molecule has 1 amide bonds. The van der Waals surface area contributed by atoms with Gasteiger partial charge < -0.3 is 9.84 Å². The van der Waals surface area contributed by atoms with E-state index in [9.17, 15) is 4.79 Å². The number of anilines is 1. The van der Waals surface area contributed by atoms with Crippen LogP contribution in [-0.4, -0.2) is 20.8 Å². The van der Waals surface area contributed by atoms with Crippen LogP contribution >= 0.6 is 0 Å². The fourth-order valence-electron chi connectivity index (χ4n) is 3.64. The highest BCUT2D eigenvalue weighted by Crippen LogP contribution is 2.38. The molecule has 0 radical (unpaired) electrons. The fourth-order valence-corrected chi connectivity index (χ4v) is 3.64. The third-order valence-electron chi connectivity index (χ3n) is 4.84. The predicted octanol–water partition coefficient (Wildman–Crippen LogP) is 5.23. The zero-order valence-corrected chi connectivity index (χ0v) is 18.5. The smallest absolute Gasteiger partial charge is 0.261 e. The Morgan fingerprint density at radius 1 is 1.03 bits per heavy atom. The quantitative estimate of drug-likeness (QED) is 0.660. The molecule has 0 aliphatic rings. The Labute approximate surface area is 172 Å². The minimum absolute atomic E-state index is 0.195. The average molecular weight is 395 g/mol. The summed E-state index contributed by atoms with van der Waals surface area (Å²) in [6.45, 7) is 14.4. The highest BCUT2D eigenvalue weighted by atomic mass is 16.5. The van der Waals surface area contributed by atoms with Crippen LogP contribution in [0.5, 0.6) is 0 Å². The Morgan fingerprint density at radius 2 is 1.66 bits per heavy atom. The number of carbonyl (C=O) groups is 1. The number of benzene rings is 1. The number of hydrogen-bond acceptors (Lipinski definition) is 4. The van der Waals surface area contributed by atoms with Crippen LogP contribution < -0.4 is 5.32 Å². The molecule has 29 heavy (non-hydrogen) atoms. The SMILES string of the molecule is Cc1onc(-c2ccccc2)c1C(=O)Nc1c(C(C)(C)C)nn(C)c1C(C)(C)C. The molecule has 3 rings (SSSR count). The van der Waals surface area contributed by atoms with Crippen molar-refractivity contribution in [2.24, 2.45) is 7.05 Å². The van der Waals surface area contributed by atoms with Crippen molar-refractivity contribution in [3.8, 4) is 11.3 Å². The van der Waals surface area contributed by atoms with E-state index in [4.69, 9.17) is 9.62 Å². The number of nitrogens with one attached hydrogen (secondary N) is 1. The molecule has 6 nitrogen and oxygen atoms in total. The second-order valence-electron chi connectivity index (χ2n) is 9.48. The van der Waals surface area contributed by atoms with E-state index < -0.39 is 0 Å². The van der Waals surface area contributed by atoms with Gasteiger partial charge >= 0.3 is 0 Å². The molecule has 2 heterocycles. The molecular formula is C23H30N4O2. The van der Waals surface area contributed by atoms with Gasteiger partial charge in [-0.3, -0.25) is 9.48 Å². The average Bonchev–Trinajstić information content (AvgIpc) is 3.15. The maximum Gasteiger partial charge on any atom is 0.261 e. The summed E-state index contributed by atoms with van der Waals surface area (Å²) >= 11 is 0. The number of rotatable bonds is 3. The lowest BCUT2D eigenvalue weighted by Gasteiger charge is -2.23. The summed E-state index contributed by atoms with van der Waals surface area (Å²) in [5, 5.41) is 12.0. The molecule has 0 aliphatic carbocycles. The van der Waals surface area contributed by atoms with Crippen molar-refractivity contribution in [1.29, 1.82) is 0 Å². The van der Waals surface area contributed by atoms with Crippen molar-refractivity contribution in [2.45, 2.75) is 59.3 Å². The zero-order chi connectivity index (χ0) is 21.6. The molecule has 1 aromatic carbocycles. The summed E-state index contributed by atoms with van der Waals surface area (Å²) in [7, 11) is 1.92. The lowest BCUT2D eigenvalue weighted by molar-refractivity contribution is 0.102. The minimum Gasteiger partial charge on any atom is -0.360 e. The third-order valence-corrected chi connectivity index (χ3v) is 4.84. The van der Waals surface area contributed by atoms with E-state index in [1.54, 1.807) is 6.92 Å². The van der Waals surface area contributed by atoms with Crippen LogP contribution in [0.25, 0.3) is 11.3 Å². The van der Waals surface area contributed by atoms with Crippen LogP contribution in [0.2, 0.25) is 0 Å². The summed E-state index contributed by atoms with van der Waals surface area (Å²) < 4.78 is 7.25. The standard InChI is InChI=1S/C23H30N4O2/c1-14-16(17(26-29-14)15-12-10-9-11-13-15)21(28)24-18-19(22(2,3)4)25-27(8)20(18)23(5,6)7/h9-13H,1-8H3,(H,24,28). The Kier molecular flexibility index (Phi) is 5.15. The molecule has 0 fully saturated rings. The molecule has 0 spiro atoms. The van der Waals surface area contributed by atoms with Crippen LogP contribution in [0.1, 0.15) is 69.0 Å². The van der Waals surface area contributed by atoms with E-state index in [0.29, 0.717) is 17.0 Å². The Hall–Kier alpha value is -2.89. The summed E-state index contributed by atoms with van der Waals surface area (Å²) in [5.74, 6) is 0.242. The molecule has 0 atom stereocenters. The van der Waals surface area contributed by atoms with Crippen LogP contribution in [0.3, 0.4) is 0 Å². The first-order valence-corrected chi connectivity index (χ1v) is 9.82. The van der Waals surface area contributed by atoms with Crippen LogP contribution in [0, 0.1) is 6.92 Å². The number of nitrogens with zero attached hydrogens (tertiary/aromatic N) is 3. The first kappa shape index (κ1) is 20.8. The van der Waals surface area contributed by atoms with Crippen molar-refractivity contribution < 1.29 is 9.32 Å². The van der Waals surface area contributed by atoms with Gasteiger partial charge in [0.15, 0.2) is 0 Å². The lowest BCUT2D eigenvalue weighted by atomic mass is 9.85. The normalized spacial score (nSPS) is 12.3. The van der Waals surface area contributed by atoms with E-state index in [1.807, 2.05) is 42.1 Å². The molecular weight excluding hydrogens is 364 g/mol. The maximum atomic E-state index is 13.4. The van der Waals surface area contributed by atoms with Gasteiger partial charge in [0, 0.05) is 23.4 Å². The van der Waals surface area contributed by atoms with Crippen LogP contribution in [0.4, 0.5) is 5.69 Å². The summed E-state index contributed by atoms with van der Waals surface area (Å²) in [6.07, 6.45) is 0. The Balaban J connectivity index is 2.11. The van der Waals surface area contributed by atoms with Gasteiger partial charge in [0.1, 0.15) is 17.0 Å². The molecule has 0 bridgehead atoms. The van der Waals surface area contributed by atoms with Crippen molar-refractivity contribution in [2.75, 3.05) is 5.32 Å². The Bertz CT molecular complexity index is 1030. The van der Waals surface area contributed by atoms with Crippen LogP contribution in [0.15, 0.2) is 34.9 Å². The summed E-state index contributed by atoms with van der Waals surface area (Å²) in [6, 6.07) is 9.59. The van der Waals surface area contributed by atoms with Gasteiger partial charge in [0.25, 0.3) is 5.91 Å². The molecule has 0 saturated carbocycles. The third kappa shape index (κ3) is 3.97. The monoisotopic (exact) mass is 394 g/mol. The van der Waals surface area contributed by atoms with E-state index in [1.165, 1.54) is 0 Å². The largest absolute Gasteiger partial charge is 0.360 e. The van der Waals surface area contributed by atoms with E-state index in [-0.39, 0.29) is 16.7 Å². The molecule has 6 heteroatoms. The van der Waals surface area contributed by atoms with Crippen molar-refractivity contribution in [3.63, 3.8) is 0 Å². The predicted molar refractivity (Wildman–Crippen MR) is 115 cm³/mol. The van der Waals surface area contributed by atoms with Gasteiger partial charge in [0.05, 0.1) is 17.1 Å². The summed E-state index contributed by atoms with van der Waals surface area (Å²) in [5.41, 5.74) is 4.00. The van der Waals surface area contributed by atoms with Gasteiger partial charge in [-0.15, -0.1) is 0 Å². The van der Waals surface area contributed by atoms with Crippen molar-refractivity contribution in [3.05, 3.63) is 53.0 Å². The first-order valence-electron chi connectivity index (χ1n) is 9.82. The topological polar surface area (TPSA) is 73.0 Å². The molecule has 0 saturated heterocycles. The number of amides is 1. The number of aromatic nitrogens is 3. The second kappa shape index (κ2) is 7.17. The second-order valence-corrected chi connectivity index (χ2v) is 9.48. The number of carbonyl (C=O) groups excluding carboxylic acids is 1. The van der Waals surface area contributed by atoms with Crippen molar-refractivity contribution in [1.82, 2.24) is 14.9 Å². The lowest BCUT2D eigenvalue weighted by Crippen LogP contribution is -2.23. The molecule has 0 unspecified atom stereocenters. The molecule has 3 aromatic rings. The molecule has 1 N–H and O–H groups in total. The first-order chi connectivity index (χ1) is 13.4. The number of aryl methyl sites for hydroxylation is 2. The van der Waals surface area contributed by atoms with Crippen molar-refractivity contribution >= 4 is 11.6 Å². The van der Waals surface area contributed by atoms with Gasteiger partial charge in [-0.05, 0) is 6.92 Å². The minimum atomic E-state index is -0.244. The van der Waals surface area contributed by atoms with Gasteiger partial charge in [-0.1, -0.05) is 77.0 Å². The van der Waals surface area contributed by atoms with E-state index >= 15 is 0 Å². The van der Waals surface area contributed by atoms with Gasteiger partial charge in [-0.25, -0.2) is 0 Å². The molecule has 0 aliphatic heterocycles. The Morgan fingerprint density at radius 3 is 2.21 bits per heavy atom. The van der Waals surface area contributed by atoms with E-state index in [0.717, 1.165) is 22.6 Å². The maximum absolute atomic E-state index is 13.4. The molecule has 154 valence electrons. The zero-order valence-electron chi connectivity index (χ0n) is 18.5. The summed E-state index contributed by atoms with van der Waals surface area (Å²) in [4.78, 5) is 13.4. The van der Waals surface area contributed by atoms with Crippen LogP contribution in [-0.2, 0) is 17.9 Å². The fraction of sp³-hybridized carbons (Fsp3) is 0.435. The van der Waals surface area contributed by atoms with Gasteiger partial charge in [-0.2, -0.15) is 5.10 Å². The number of hydrogen-bond donors (Lipinski definition) is 1. The van der Waals surface area contributed by atoms with Gasteiger partial charge in [0.2, 0.25) is 0 Å².